The average molecular weight is 398 g/mol. The summed E-state index contributed by atoms with van der Waals surface area (Å²) >= 11 is 1.41. The Kier molecular flexibility index (Phi) is 5.21. The first-order chi connectivity index (χ1) is 13.6. The average Bonchev–Trinajstić information content (AvgIpc) is 2.70. The first kappa shape index (κ1) is 18.7. The molecule has 1 N–H and O–H groups in total. The summed E-state index contributed by atoms with van der Waals surface area (Å²) in [5, 5.41) is 2.71. The quantitative estimate of drug-likeness (QED) is 0.849. The molecule has 2 aromatic heterocycles. The number of pyridine rings is 2. The van der Waals surface area contributed by atoms with Crippen LogP contribution in [0, 0.1) is 5.92 Å². The number of amides is 2. The Morgan fingerprint density at radius 1 is 1.21 bits per heavy atom. The van der Waals surface area contributed by atoms with Crippen LogP contribution in [0.1, 0.15) is 28.5 Å². The van der Waals surface area contributed by atoms with Crippen LogP contribution in [0.2, 0.25) is 0 Å². The van der Waals surface area contributed by atoms with Gasteiger partial charge >= 0.3 is 0 Å². The number of thioether (sulfide) groups is 1. The molecule has 2 aliphatic rings. The number of nitrogens with zero attached hydrogens (tertiary/aromatic N) is 3. The van der Waals surface area contributed by atoms with Gasteiger partial charge in [-0.25, -0.2) is 0 Å². The number of hydrogen-bond acceptors (Lipinski definition) is 5. The molecule has 2 amide bonds. The molecule has 2 aromatic rings. The van der Waals surface area contributed by atoms with E-state index >= 15 is 0 Å². The lowest BCUT2D eigenvalue weighted by atomic mass is 9.83. The van der Waals surface area contributed by atoms with Gasteiger partial charge in [0.25, 0.3) is 11.5 Å². The molecule has 4 rings (SSSR count). The second kappa shape index (κ2) is 7.79. The molecule has 2 atom stereocenters. The van der Waals surface area contributed by atoms with Crippen molar-refractivity contribution >= 4 is 29.3 Å². The lowest BCUT2D eigenvalue weighted by Crippen LogP contribution is -2.49. The number of aromatic nitrogens is 2. The van der Waals surface area contributed by atoms with Crippen LogP contribution >= 0.6 is 11.8 Å². The highest BCUT2D eigenvalue weighted by Crippen LogP contribution is 2.35. The number of anilines is 1. The fraction of sp³-hybridized carbons (Fsp3) is 0.400. The van der Waals surface area contributed by atoms with Gasteiger partial charge in [-0.05, 0) is 42.9 Å². The Labute approximate surface area is 167 Å². The predicted molar refractivity (Wildman–Crippen MR) is 109 cm³/mol. The Bertz CT molecular complexity index is 960. The minimum absolute atomic E-state index is 0.0629. The van der Waals surface area contributed by atoms with Gasteiger partial charge in [-0.1, -0.05) is 6.07 Å². The van der Waals surface area contributed by atoms with E-state index < -0.39 is 0 Å². The SMILES string of the molecule is CSCC(=O)Nc1ccc2n(c1=O)C[C@@H]1C[C@@H]2CN(C(=O)c2ccccn2)C1. The van der Waals surface area contributed by atoms with Crippen molar-refractivity contribution in [2.24, 2.45) is 5.92 Å². The summed E-state index contributed by atoms with van der Waals surface area (Å²) in [6.45, 7) is 1.74. The molecule has 0 saturated carbocycles. The van der Waals surface area contributed by atoms with E-state index in [4.69, 9.17) is 0 Å². The van der Waals surface area contributed by atoms with Crippen molar-refractivity contribution in [2.45, 2.75) is 18.9 Å². The molecule has 0 spiro atoms. The number of likely N-dealkylation sites (tertiary alicyclic amines) is 1. The van der Waals surface area contributed by atoms with Gasteiger partial charge in [-0.2, -0.15) is 11.8 Å². The lowest BCUT2D eigenvalue weighted by molar-refractivity contribution is -0.113. The fourth-order valence-electron chi connectivity index (χ4n) is 4.18. The Balaban J connectivity index is 1.57. The van der Waals surface area contributed by atoms with Crippen molar-refractivity contribution in [3.8, 4) is 0 Å². The van der Waals surface area contributed by atoms with Crippen LogP contribution in [0.3, 0.4) is 0 Å². The third-order valence-corrected chi connectivity index (χ3v) is 5.88. The Hall–Kier alpha value is -2.61. The molecule has 4 heterocycles. The number of carbonyl (C=O) groups excluding carboxylic acids is 2. The summed E-state index contributed by atoms with van der Waals surface area (Å²) in [5.74, 6) is 0.412. The van der Waals surface area contributed by atoms with Gasteiger partial charge in [0.2, 0.25) is 5.91 Å². The van der Waals surface area contributed by atoms with Crippen molar-refractivity contribution in [3.63, 3.8) is 0 Å². The number of carbonyl (C=O) groups is 2. The molecule has 0 unspecified atom stereocenters. The summed E-state index contributed by atoms with van der Waals surface area (Å²) in [7, 11) is 0. The fourth-order valence-corrected chi connectivity index (χ4v) is 4.51. The van der Waals surface area contributed by atoms with E-state index in [1.54, 1.807) is 29.0 Å². The van der Waals surface area contributed by atoms with E-state index in [2.05, 4.69) is 10.3 Å². The molecular formula is C20H22N4O3S. The van der Waals surface area contributed by atoms with Gasteiger partial charge in [0, 0.05) is 37.4 Å². The van der Waals surface area contributed by atoms with Crippen molar-refractivity contribution in [3.05, 3.63) is 58.3 Å². The van der Waals surface area contributed by atoms with E-state index in [9.17, 15) is 14.4 Å². The van der Waals surface area contributed by atoms with E-state index in [-0.39, 0.29) is 29.2 Å². The highest BCUT2D eigenvalue weighted by molar-refractivity contribution is 7.99. The molecule has 1 fully saturated rings. The number of rotatable bonds is 4. The molecule has 28 heavy (non-hydrogen) atoms. The first-order valence-corrected chi connectivity index (χ1v) is 10.7. The summed E-state index contributed by atoms with van der Waals surface area (Å²) in [6.07, 6.45) is 4.43. The summed E-state index contributed by atoms with van der Waals surface area (Å²) in [5.41, 5.74) is 1.55. The number of piperidine rings is 1. The van der Waals surface area contributed by atoms with Gasteiger partial charge in [0.05, 0.1) is 5.75 Å². The van der Waals surface area contributed by atoms with Crippen molar-refractivity contribution in [1.29, 1.82) is 0 Å². The molecule has 146 valence electrons. The second-order valence-electron chi connectivity index (χ2n) is 7.29. The molecular weight excluding hydrogens is 376 g/mol. The Morgan fingerprint density at radius 3 is 2.82 bits per heavy atom. The van der Waals surface area contributed by atoms with E-state index in [0.717, 1.165) is 12.1 Å². The zero-order valence-electron chi connectivity index (χ0n) is 15.6. The Morgan fingerprint density at radius 2 is 2.07 bits per heavy atom. The van der Waals surface area contributed by atoms with E-state index in [1.165, 1.54) is 11.8 Å². The van der Waals surface area contributed by atoms with Gasteiger partial charge in [0.1, 0.15) is 11.4 Å². The van der Waals surface area contributed by atoms with Crippen molar-refractivity contribution in [1.82, 2.24) is 14.5 Å². The number of nitrogens with one attached hydrogen (secondary N) is 1. The molecule has 2 aliphatic heterocycles. The van der Waals surface area contributed by atoms with Crippen LogP contribution in [0.5, 0.6) is 0 Å². The van der Waals surface area contributed by atoms with Crippen LogP contribution in [0.15, 0.2) is 41.3 Å². The molecule has 1 saturated heterocycles. The zero-order chi connectivity index (χ0) is 19.7. The maximum atomic E-state index is 12.9. The molecule has 2 bridgehead atoms. The van der Waals surface area contributed by atoms with Gasteiger partial charge in [-0.15, -0.1) is 0 Å². The van der Waals surface area contributed by atoms with Gasteiger partial charge in [0.15, 0.2) is 0 Å². The summed E-state index contributed by atoms with van der Waals surface area (Å²) < 4.78 is 1.77. The van der Waals surface area contributed by atoms with Crippen LogP contribution in [0.4, 0.5) is 5.69 Å². The minimum atomic E-state index is -0.173. The van der Waals surface area contributed by atoms with Crippen LogP contribution in [-0.2, 0) is 11.3 Å². The largest absolute Gasteiger partial charge is 0.336 e. The third-order valence-electron chi connectivity index (χ3n) is 5.32. The molecule has 0 aliphatic carbocycles. The van der Waals surface area contributed by atoms with E-state index in [0.29, 0.717) is 36.8 Å². The first-order valence-electron chi connectivity index (χ1n) is 9.29. The standard InChI is InChI=1S/C20H22N4O3S/c1-28-12-18(25)22-16-5-6-17-14-8-13(10-24(17)20(16)27)9-23(11-14)19(26)15-4-2-3-7-21-15/h2-7,13-14H,8-12H2,1H3,(H,22,25)/t13-,14-/m1/s1. The molecule has 8 heteroatoms. The van der Waals surface area contributed by atoms with Crippen LogP contribution < -0.4 is 10.9 Å². The minimum Gasteiger partial charge on any atom is -0.336 e. The third kappa shape index (κ3) is 3.56. The molecule has 7 nitrogen and oxygen atoms in total. The van der Waals surface area contributed by atoms with Gasteiger partial charge in [-0.3, -0.25) is 19.4 Å². The monoisotopic (exact) mass is 398 g/mol. The number of fused-ring (bicyclic) bond motifs is 4. The smallest absolute Gasteiger partial charge is 0.274 e. The predicted octanol–water partition coefficient (Wildman–Crippen LogP) is 1.80. The molecule has 0 aromatic carbocycles. The lowest BCUT2D eigenvalue weighted by Gasteiger charge is -2.42. The summed E-state index contributed by atoms with van der Waals surface area (Å²) in [6, 6.07) is 8.93. The second-order valence-corrected chi connectivity index (χ2v) is 8.16. The van der Waals surface area contributed by atoms with Gasteiger partial charge < -0.3 is 14.8 Å². The highest BCUT2D eigenvalue weighted by atomic mass is 32.2. The molecule has 0 radical (unpaired) electrons. The maximum Gasteiger partial charge on any atom is 0.274 e. The van der Waals surface area contributed by atoms with Crippen molar-refractivity contribution in [2.75, 3.05) is 30.4 Å². The zero-order valence-corrected chi connectivity index (χ0v) is 16.4. The highest BCUT2D eigenvalue weighted by Gasteiger charge is 2.37. The normalized spacial score (nSPS) is 20.4. The maximum absolute atomic E-state index is 12.9. The summed E-state index contributed by atoms with van der Waals surface area (Å²) in [4.78, 5) is 43.5. The van der Waals surface area contributed by atoms with E-state index in [1.807, 2.05) is 23.3 Å². The van der Waals surface area contributed by atoms with Crippen LogP contribution in [0.25, 0.3) is 0 Å². The van der Waals surface area contributed by atoms with Crippen LogP contribution in [-0.4, -0.2) is 51.4 Å². The van der Waals surface area contributed by atoms with Crippen molar-refractivity contribution < 1.29 is 9.59 Å². The topological polar surface area (TPSA) is 84.3 Å². The number of hydrogen-bond donors (Lipinski definition) is 1.